The Kier molecular flexibility index (Phi) is 4.31. The van der Waals surface area contributed by atoms with Gasteiger partial charge in [-0.25, -0.2) is 9.98 Å². The Hall–Kier alpha value is -1.58. The molecule has 0 N–H and O–H groups in total. The van der Waals surface area contributed by atoms with Gasteiger partial charge in [0.2, 0.25) is 0 Å². The SMILES string of the molecule is C=C(C)[C@@H]1COC([C@@H](C)[C@@H](C)C2=N[C@H](C(=C)C)CO2)=N1. The molecule has 20 heavy (non-hydrogen) atoms. The third kappa shape index (κ3) is 2.94. The first-order chi connectivity index (χ1) is 9.40. The van der Waals surface area contributed by atoms with Crippen molar-refractivity contribution in [2.45, 2.75) is 39.8 Å². The lowest BCUT2D eigenvalue weighted by atomic mass is 9.95. The van der Waals surface area contributed by atoms with Gasteiger partial charge < -0.3 is 9.47 Å². The summed E-state index contributed by atoms with van der Waals surface area (Å²) in [6.07, 6.45) is 0. The van der Waals surface area contributed by atoms with E-state index in [1.807, 2.05) is 13.8 Å². The van der Waals surface area contributed by atoms with Crippen LogP contribution in [-0.4, -0.2) is 37.1 Å². The van der Waals surface area contributed by atoms with Gasteiger partial charge >= 0.3 is 0 Å². The molecule has 4 nitrogen and oxygen atoms in total. The van der Waals surface area contributed by atoms with Crippen LogP contribution in [0.2, 0.25) is 0 Å². The zero-order chi connectivity index (χ0) is 14.9. The molecule has 0 spiro atoms. The zero-order valence-electron chi connectivity index (χ0n) is 12.8. The molecule has 0 radical (unpaired) electrons. The minimum atomic E-state index is 0.0919. The lowest BCUT2D eigenvalue weighted by Crippen LogP contribution is -2.26. The molecular formula is C16H24N2O2. The molecule has 0 aromatic rings. The van der Waals surface area contributed by atoms with Crippen molar-refractivity contribution in [3.05, 3.63) is 24.3 Å². The summed E-state index contributed by atoms with van der Waals surface area (Å²) in [5, 5.41) is 0. The van der Waals surface area contributed by atoms with E-state index < -0.39 is 0 Å². The summed E-state index contributed by atoms with van der Waals surface area (Å²) in [5.41, 5.74) is 2.08. The van der Waals surface area contributed by atoms with Gasteiger partial charge in [0.05, 0.1) is 0 Å². The molecule has 0 amide bonds. The van der Waals surface area contributed by atoms with Crippen LogP contribution >= 0.6 is 0 Å². The van der Waals surface area contributed by atoms with E-state index in [0.29, 0.717) is 13.2 Å². The maximum atomic E-state index is 5.70. The first-order valence-corrected chi connectivity index (χ1v) is 7.12. The highest BCUT2D eigenvalue weighted by Crippen LogP contribution is 2.25. The highest BCUT2D eigenvalue weighted by atomic mass is 16.5. The van der Waals surface area contributed by atoms with Crippen LogP contribution in [-0.2, 0) is 9.47 Å². The average Bonchev–Trinajstić information content (AvgIpc) is 3.05. The van der Waals surface area contributed by atoms with Crippen LogP contribution < -0.4 is 0 Å². The molecule has 110 valence electrons. The molecule has 2 aliphatic rings. The van der Waals surface area contributed by atoms with Gasteiger partial charge in [-0.15, -0.1) is 0 Å². The summed E-state index contributed by atoms with van der Waals surface area (Å²) in [4.78, 5) is 9.20. The van der Waals surface area contributed by atoms with Crippen LogP contribution in [0.15, 0.2) is 34.3 Å². The molecule has 0 unspecified atom stereocenters. The van der Waals surface area contributed by atoms with Crippen molar-refractivity contribution in [3.8, 4) is 0 Å². The fourth-order valence-electron chi connectivity index (χ4n) is 2.22. The van der Waals surface area contributed by atoms with Gasteiger partial charge in [-0.3, -0.25) is 0 Å². The first kappa shape index (κ1) is 14.8. The molecule has 4 atom stereocenters. The van der Waals surface area contributed by atoms with Crippen molar-refractivity contribution in [1.29, 1.82) is 0 Å². The van der Waals surface area contributed by atoms with Crippen LogP contribution in [0.25, 0.3) is 0 Å². The van der Waals surface area contributed by atoms with Crippen LogP contribution in [0.3, 0.4) is 0 Å². The number of aliphatic imine (C=N–C) groups is 2. The summed E-state index contributed by atoms with van der Waals surface area (Å²) in [6.45, 7) is 17.2. The minimum Gasteiger partial charge on any atom is -0.478 e. The normalized spacial score (nSPS) is 28.0. The molecule has 0 saturated heterocycles. The monoisotopic (exact) mass is 276 g/mol. The maximum absolute atomic E-state index is 5.70. The van der Waals surface area contributed by atoms with Crippen molar-refractivity contribution in [1.82, 2.24) is 0 Å². The molecule has 2 heterocycles. The number of hydrogen-bond acceptors (Lipinski definition) is 4. The number of nitrogens with zero attached hydrogens (tertiary/aromatic N) is 2. The smallest absolute Gasteiger partial charge is 0.187 e. The summed E-state index contributed by atoms with van der Waals surface area (Å²) in [5.74, 6) is 1.88. The van der Waals surface area contributed by atoms with Gasteiger partial charge in [0.15, 0.2) is 11.8 Å². The lowest BCUT2D eigenvalue weighted by molar-refractivity contribution is 0.280. The van der Waals surface area contributed by atoms with E-state index in [2.05, 4.69) is 37.0 Å². The van der Waals surface area contributed by atoms with E-state index in [1.165, 1.54) is 0 Å². The molecule has 0 aromatic carbocycles. The molecule has 0 aliphatic carbocycles. The Morgan fingerprint density at radius 3 is 1.55 bits per heavy atom. The molecule has 0 saturated carbocycles. The molecule has 2 aliphatic heterocycles. The maximum Gasteiger partial charge on any atom is 0.187 e. The highest BCUT2D eigenvalue weighted by Gasteiger charge is 2.32. The van der Waals surface area contributed by atoms with E-state index >= 15 is 0 Å². The second kappa shape index (κ2) is 5.81. The third-order valence-electron chi connectivity index (χ3n) is 4.01. The highest BCUT2D eigenvalue weighted by molar-refractivity contribution is 5.89. The number of ether oxygens (including phenoxy) is 2. The van der Waals surface area contributed by atoms with E-state index in [-0.39, 0.29) is 23.9 Å². The standard InChI is InChI=1S/C16H24N2O2/c1-9(2)13-7-19-15(17-13)11(5)12(6)16-18-14(8-20-16)10(3)4/h11-14H,1,3,7-8H2,2,4-6H3/t11-,12+,13-,14-/m0/s1. The van der Waals surface area contributed by atoms with Gasteiger partial charge in [-0.2, -0.15) is 0 Å². The third-order valence-corrected chi connectivity index (χ3v) is 4.01. The quantitative estimate of drug-likeness (QED) is 0.724. The molecule has 4 heteroatoms. The van der Waals surface area contributed by atoms with Gasteiger partial charge in [-0.1, -0.05) is 38.2 Å². The molecule has 0 fully saturated rings. The Labute approximate surface area is 121 Å². The van der Waals surface area contributed by atoms with Crippen molar-refractivity contribution in [2.24, 2.45) is 21.8 Å². The van der Waals surface area contributed by atoms with Crippen LogP contribution in [0.4, 0.5) is 0 Å². The minimum absolute atomic E-state index is 0.0919. The Bertz CT molecular complexity index is 435. The molecular weight excluding hydrogens is 252 g/mol. The fourth-order valence-corrected chi connectivity index (χ4v) is 2.22. The van der Waals surface area contributed by atoms with Gasteiger partial charge in [0.25, 0.3) is 0 Å². The second-order valence-electron chi connectivity index (χ2n) is 5.86. The van der Waals surface area contributed by atoms with Crippen molar-refractivity contribution >= 4 is 11.8 Å². The summed E-state index contributed by atoms with van der Waals surface area (Å²) in [6, 6.07) is 0.184. The van der Waals surface area contributed by atoms with Crippen molar-refractivity contribution in [2.75, 3.05) is 13.2 Å². The summed E-state index contributed by atoms with van der Waals surface area (Å²) < 4.78 is 11.4. The molecule has 2 rings (SSSR count). The summed E-state index contributed by atoms with van der Waals surface area (Å²) in [7, 11) is 0. The first-order valence-electron chi connectivity index (χ1n) is 7.12. The van der Waals surface area contributed by atoms with Crippen molar-refractivity contribution in [3.63, 3.8) is 0 Å². The predicted octanol–water partition coefficient (Wildman–Crippen LogP) is 3.01. The lowest BCUT2D eigenvalue weighted by Gasteiger charge is -2.18. The zero-order valence-corrected chi connectivity index (χ0v) is 12.8. The molecule has 0 aromatic heterocycles. The molecule has 0 bridgehead atoms. The Balaban J connectivity index is 2.05. The summed E-state index contributed by atoms with van der Waals surface area (Å²) >= 11 is 0. The fraction of sp³-hybridized carbons (Fsp3) is 0.625. The van der Waals surface area contributed by atoms with E-state index in [0.717, 1.165) is 22.9 Å². The largest absolute Gasteiger partial charge is 0.478 e. The topological polar surface area (TPSA) is 43.2 Å². The Morgan fingerprint density at radius 2 is 1.30 bits per heavy atom. The van der Waals surface area contributed by atoms with Gasteiger partial charge in [-0.05, 0) is 13.8 Å². The van der Waals surface area contributed by atoms with Crippen LogP contribution in [0.5, 0.6) is 0 Å². The predicted molar refractivity (Wildman–Crippen MR) is 82.3 cm³/mol. The van der Waals surface area contributed by atoms with Crippen molar-refractivity contribution < 1.29 is 9.47 Å². The van der Waals surface area contributed by atoms with Crippen LogP contribution in [0.1, 0.15) is 27.7 Å². The Morgan fingerprint density at radius 1 is 0.950 bits per heavy atom. The number of hydrogen-bond donors (Lipinski definition) is 0. The average molecular weight is 276 g/mol. The van der Waals surface area contributed by atoms with Gasteiger partial charge in [0, 0.05) is 11.8 Å². The second-order valence-corrected chi connectivity index (χ2v) is 5.86. The van der Waals surface area contributed by atoms with E-state index in [4.69, 9.17) is 9.47 Å². The van der Waals surface area contributed by atoms with Gasteiger partial charge in [0.1, 0.15) is 25.3 Å². The van der Waals surface area contributed by atoms with Crippen LogP contribution in [0, 0.1) is 11.8 Å². The van der Waals surface area contributed by atoms with E-state index in [1.54, 1.807) is 0 Å². The van der Waals surface area contributed by atoms with E-state index in [9.17, 15) is 0 Å². The number of rotatable bonds is 5.